The van der Waals surface area contributed by atoms with E-state index in [1.54, 1.807) is 24.0 Å². The molecule has 35 heavy (non-hydrogen) atoms. The topological polar surface area (TPSA) is 74.5 Å². The number of pyridine rings is 1. The number of nitrogen functional groups attached to an aromatic ring is 1. The molecule has 0 saturated heterocycles. The molecule has 0 amide bonds. The van der Waals surface area contributed by atoms with Crippen LogP contribution in [0.2, 0.25) is 0 Å². The maximum Gasteiger partial charge on any atom is 0.137 e. The van der Waals surface area contributed by atoms with Crippen LogP contribution in [0.3, 0.4) is 0 Å². The highest BCUT2D eigenvalue weighted by Crippen LogP contribution is 2.42. The average molecular weight is 556 g/mol. The zero-order valence-corrected chi connectivity index (χ0v) is 22.4. The van der Waals surface area contributed by atoms with Crippen LogP contribution in [0.1, 0.15) is 47.5 Å². The third kappa shape index (κ3) is 5.46. The summed E-state index contributed by atoms with van der Waals surface area (Å²) in [6.45, 7) is 2.05. The maximum absolute atomic E-state index is 14.4. The fourth-order valence-corrected chi connectivity index (χ4v) is 5.97. The van der Waals surface area contributed by atoms with E-state index >= 15 is 0 Å². The first-order valence-electron chi connectivity index (χ1n) is 11.7. The lowest BCUT2D eigenvalue weighted by Gasteiger charge is -2.17. The predicted molar refractivity (Wildman–Crippen MR) is 142 cm³/mol. The molecule has 0 unspecified atom stereocenters. The Balaban J connectivity index is 1.47. The second-order valence-electron chi connectivity index (χ2n) is 9.28. The number of nitrogens with zero attached hydrogens (tertiary/aromatic N) is 5. The van der Waals surface area contributed by atoms with Gasteiger partial charge in [0.1, 0.15) is 11.6 Å². The first-order valence-corrected chi connectivity index (χ1v) is 13.4. The predicted octanol–water partition coefficient (Wildman–Crippen LogP) is 6.10. The third-order valence-electron chi connectivity index (χ3n) is 6.36. The monoisotopic (exact) mass is 554 g/mol. The second kappa shape index (κ2) is 9.78. The molecule has 0 bridgehead atoms. The van der Waals surface area contributed by atoms with E-state index in [0.29, 0.717) is 12.2 Å². The molecule has 182 valence electrons. The molecular formula is C26H28BrFN6S. The number of thioether (sulfide) groups is 1. The van der Waals surface area contributed by atoms with Gasteiger partial charge < -0.3 is 5.73 Å². The highest BCUT2D eigenvalue weighted by Gasteiger charge is 2.24. The van der Waals surface area contributed by atoms with Gasteiger partial charge in [0.15, 0.2) is 0 Å². The highest BCUT2D eigenvalue weighted by atomic mass is 79.9. The van der Waals surface area contributed by atoms with Crippen molar-refractivity contribution >= 4 is 33.5 Å². The molecule has 1 atom stereocenters. The minimum Gasteiger partial charge on any atom is -0.383 e. The van der Waals surface area contributed by atoms with Crippen LogP contribution in [-0.4, -0.2) is 24.5 Å². The standard InChI is InChI=1S/C26H28BrFN6S/c1-15(35-24-10-18(27)13-30-26(24)29)23-11-19(28)6-7-22(23)25-17(14-33(2)32-25)9-20-12-21(34(3)31-20)8-16-4-5-16/h6-7,10-16H,4-5,8-9H2,1-3H3,(H2,29,30)/t15-/m1/s1. The van der Waals surface area contributed by atoms with Gasteiger partial charge in [-0.1, -0.05) is 0 Å². The second-order valence-corrected chi connectivity index (χ2v) is 11.6. The lowest BCUT2D eigenvalue weighted by Crippen LogP contribution is -2.00. The van der Waals surface area contributed by atoms with E-state index in [4.69, 9.17) is 15.9 Å². The Morgan fingerprint density at radius 3 is 2.77 bits per heavy atom. The molecule has 9 heteroatoms. The Hall–Kier alpha value is -2.65. The van der Waals surface area contributed by atoms with Crippen molar-refractivity contribution in [2.45, 2.75) is 42.8 Å². The van der Waals surface area contributed by atoms with Crippen LogP contribution in [0, 0.1) is 11.7 Å². The molecule has 3 aromatic heterocycles. The van der Waals surface area contributed by atoms with Gasteiger partial charge in [-0.05, 0) is 83.9 Å². The molecule has 0 aliphatic heterocycles. The zero-order valence-electron chi connectivity index (χ0n) is 20.0. The minimum atomic E-state index is -0.275. The summed E-state index contributed by atoms with van der Waals surface area (Å²) in [7, 11) is 3.93. The van der Waals surface area contributed by atoms with E-state index in [-0.39, 0.29) is 11.1 Å². The fourth-order valence-electron chi connectivity index (χ4n) is 4.42. The number of aromatic nitrogens is 5. The molecule has 2 N–H and O–H groups in total. The Morgan fingerprint density at radius 2 is 2.00 bits per heavy atom. The number of hydrogen-bond acceptors (Lipinski definition) is 5. The summed E-state index contributed by atoms with van der Waals surface area (Å²) < 4.78 is 19.1. The van der Waals surface area contributed by atoms with E-state index in [9.17, 15) is 4.39 Å². The molecule has 1 aliphatic carbocycles. The first-order chi connectivity index (χ1) is 16.8. The van der Waals surface area contributed by atoms with Crippen molar-refractivity contribution < 1.29 is 4.39 Å². The lowest BCUT2D eigenvalue weighted by molar-refractivity contribution is 0.625. The molecule has 1 aromatic carbocycles. The number of aryl methyl sites for hydroxylation is 2. The molecule has 6 nitrogen and oxygen atoms in total. The fraction of sp³-hybridized carbons (Fsp3) is 0.346. The Bertz CT molecular complexity index is 1380. The van der Waals surface area contributed by atoms with Gasteiger partial charge >= 0.3 is 0 Å². The minimum absolute atomic E-state index is 0.0750. The Labute approximate surface area is 217 Å². The SMILES string of the molecule is C[C@@H](Sc1cc(Br)cnc1N)c1cc(F)ccc1-c1nn(C)cc1Cc1cc(CC2CC2)n(C)n1. The van der Waals surface area contributed by atoms with E-state index < -0.39 is 0 Å². The van der Waals surface area contributed by atoms with Gasteiger partial charge in [-0.15, -0.1) is 11.8 Å². The van der Waals surface area contributed by atoms with Gasteiger partial charge in [0.25, 0.3) is 0 Å². The smallest absolute Gasteiger partial charge is 0.137 e. The molecule has 3 heterocycles. The summed E-state index contributed by atoms with van der Waals surface area (Å²) in [5.41, 5.74) is 12.1. The van der Waals surface area contributed by atoms with E-state index in [1.807, 2.05) is 41.8 Å². The van der Waals surface area contributed by atoms with E-state index in [0.717, 1.165) is 49.8 Å². The number of benzene rings is 1. The van der Waals surface area contributed by atoms with E-state index in [1.165, 1.54) is 24.6 Å². The lowest BCUT2D eigenvalue weighted by atomic mass is 9.98. The van der Waals surface area contributed by atoms with Gasteiger partial charge in [-0.25, -0.2) is 9.37 Å². The van der Waals surface area contributed by atoms with Crippen molar-refractivity contribution in [2.24, 2.45) is 20.0 Å². The van der Waals surface area contributed by atoms with Crippen LogP contribution in [0.5, 0.6) is 0 Å². The maximum atomic E-state index is 14.4. The summed E-state index contributed by atoms with van der Waals surface area (Å²) in [6, 6.07) is 9.07. The van der Waals surface area contributed by atoms with Crippen molar-refractivity contribution in [1.82, 2.24) is 24.5 Å². The number of nitrogens with two attached hydrogens (primary N) is 1. The van der Waals surface area contributed by atoms with Gasteiger partial charge in [-0.3, -0.25) is 9.36 Å². The van der Waals surface area contributed by atoms with Gasteiger partial charge in [0.05, 0.1) is 16.3 Å². The quantitative estimate of drug-likeness (QED) is 0.266. The summed E-state index contributed by atoms with van der Waals surface area (Å²) in [6.07, 6.45) is 8.10. The molecule has 5 rings (SSSR count). The van der Waals surface area contributed by atoms with Gasteiger partial charge in [0, 0.05) is 59.5 Å². The van der Waals surface area contributed by atoms with Crippen LogP contribution in [0.4, 0.5) is 10.2 Å². The van der Waals surface area contributed by atoms with Crippen LogP contribution < -0.4 is 5.73 Å². The van der Waals surface area contributed by atoms with Crippen LogP contribution in [0.25, 0.3) is 11.3 Å². The number of anilines is 1. The average Bonchev–Trinajstić information content (AvgIpc) is 3.46. The van der Waals surface area contributed by atoms with Crippen molar-refractivity contribution in [3.05, 3.63) is 75.5 Å². The Kier molecular flexibility index (Phi) is 6.72. The van der Waals surface area contributed by atoms with Crippen molar-refractivity contribution in [3.63, 3.8) is 0 Å². The number of halogens is 2. The molecule has 4 aromatic rings. The summed E-state index contributed by atoms with van der Waals surface area (Å²) in [5, 5.41) is 9.47. The normalized spacial score (nSPS) is 14.4. The van der Waals surface area contributed by atoms with Gasteiger partial charge in [-0.2, -0.15) is 10.2 Å². The number of hydrogen-bond donors (Lipinski definition) is 1. The molecule has 1 saturated carbocycles. The molecule has 1 aliphatic rings. The number of rotatable bonds is 8. The van der Waals surface area contributed by atoms with Crippen molar-refractivity contribution in [1.29, 1.82) is 0 Å². The largest absolute Gasteiger partial charge is 0.383 e. The van der Waals surface area contributed by atoms with Crippen molar-refractivity contribution in [3.8, 4) is 11.3 Å². The van der Waals surface area contributed by atoms with E-state index in [2.05, 4.69) is 33.9 Å². The third-order valence-corrected chi connectivity index (χ3v) is 7.98. The molecule has 0 radical (unpaired) electrons. The summed E-state index contributed by atoms with van der Waals surface area (Å²) in [4.78, 5) is 5.08. The van der Waals surface area contributed by atoms with Crippen LogP contribution in [-0.2, 0) is 26.9 Å². The van der Waals surface area contributed by atoms with Gasteiger partial charge in [0.2, 0.25) is 0 Å². The Morgan fingerprint density at radius 1 is 1.20 bits per heavy atom. The van der Waals surface area contributed by atoms with Crippen molar-refractivity contribution in [2.75, 3.05) is 5.73 Å². The first kappa shape index (κ1) is 24.1. The molecule has 1 fully saturated rings. The van der Waals surface area contributed by atoms with Crippen LogP contribution in [0.15, 0.2) is 52.1 Å². The molecular weight excluding hydrogens is 527 g/mol. The molecule has 0 spiro atoms. The summed E-state index contributed by atoms with van der Waals surface area (Å²) in [5.74, 6) is 0.990. The summed E-state index contributed by atoms with van der Waals surface area (Å²) >= 11 is 5.01. The zero-order chi connectivity index (χ0) is 24.7. The highest BCUT2D eigenvalue weighted by molar-refractivity contribution is 9.10. The van der Waals surface area contributed by atoms with Crippen LogP contribution >= 0.6 is 27.7 Å².